The van der Waals surface area contributed by atoms with Crippen molar-refractivity contribution in [2.24, 2.45) is 17.3 Å². The molecular weight excluding hydrogens is 250 g/mol. The maximum Gasteiger partial charge on any atom is 0.224 e. The molecule has 19 heavy (non-hydrogen) atoms. The molecule has 0 atom stereocenters. The smallest absolute Gasteiger partial charge is 0.224 e. The van der Waals surface area contributed by atoms with Crippen LogP contribution in [0.15, 0.2) is 16.4 Å². The summed E-state index contributed by atoms with van der Waals surface area (Å²) >= 11 is 0. The van der Waals surface area contributed by atoms with Crippen LogP contribution in [0.3, 0.4) is 0 Å². The molecule has 0 unspecified atom stereocenters. The third-order valence-electron chi connectivity index (χ3n) is 2.26. The number of nitrogen functional groups attached to an aromatic ring is 3. The van der Waals surface area contributed by atoms with Crippen LogP contribution in [0.4, 0.5) is 29.1 Å². The van der Waals surface area contributed by atoms with Crippen LogP contribution in [0.1, 0.15) is 10.4 Å². The molecule has 2 heterocycles. The summed E-state index contributed by atoms with van der Waals surface area (Å²) < 4.78 is 1.39. The standard InChI is InChI=1S/C9H11N9O/c1-18-8(4(3-19)2-13-18)17-16-5-6(10)14-9(12)15-7(5)11/h2-3H,1H3,(H6,10,11,12,14,15)/b17-16+. The Morgan fingerprint density at radius 2 is 1.84 bits per heavy atom. The normalized spacial score (nSPS) is 11.0. The van der Waals surface area contributed by atoms with Crippen molar-refractivity contribution in [3.8, 4) is 0 Å². The van der Waals surface area contributed by atoms with E-state index in [4.69, 9.17) is 17.2 Å². The van der Waals surface area contributed by atoms with Gasteiger partial charge in [-0.25, -0.2) is 4.68 Å². The van der Waals surface area contributed by atoms with Crippen LogP contribution in [0, 0.1) is 0 Å². The Balaban J connectivity index is 2.43. The number of hydrogen-bond donors (Lipinski definition) is 3. The average molecular weight is 261 g/mol. The van der Waals surface area contributed by atoms with Gasteiger partial charge in [-0.15, -0.1) is 10.2 Å². The van der Waals surface area contributed by atoms with E-state index < -0.39 is 0 Å². The van der Waals surface area contributed by atoms with Crippen molar-refractivity contribution >= 4 is 35.4 Å². The molecule has 10 nitrogen and oxygen atoms in total. The fourth-order valence-corrected chi connectivity index (χ4v) is 1.36. The van der Waals surface area contributed by atoms with Crippen molar-refractivity contribution in [2.45, 2.75) is 0 Å². The number of azo groups is 1. The van der Waals surface area contributed by atoms with Crippen LogP contribution in [0.25, 0.3) is 0 Å². The lowest BCUT2D eigenvalue weighted by molar-refractivity contribution is 0.112. The van der Waals surface area contributed by atoms with Gasteiger partial charge in [0, 0.05) is 7.05 Å². The van der Waals surface area contributed by atoms with E-state index in [0.717, 1.165) is 0 Å². The maximum atomic E-state index is 10.8. The highest BCUT2D eigenvalue weighted by Crippen LogP contribution is 2.29. The van der Waals surface area contributed by atoms with Crippen LogP contribution in [-0.4, -0.2) is 26.0 Å². The SMILES string of the molecule is Cn1ncc(C=O)c1/N=N/c1c(N)nc(N)nc1N. The quantitative estimate of drug-likeness (QED) is 0.523. The van der Waals surface area contributed by atoms with Crippen molar-refractivity contribution in [2.75, 3.05) is 17.2 Å². The first kappa shape index (κ1) is 12.4. The zero-order valence-corrected chi connectivity index (χ0v) is 9.98. The van der Waals surface area contributed by atoms with Crippen LogP contribution < -0.4 is 17.2 Å². The Bertz CT molecular complexity index is 637. The van der Waals surface area contributed by atoms with Gasteiger partial charge < -0.3 is 17.2 Å². The number of anilines is 3. The number of nitrogens with two attached hydrogens (primary N) is 3. The number of aryl methyl sites for hydroxylation is 1. The summed E-state index contributed by atoms with van der Waals surface area (Å²) in [7, 11) is 1.62. The first-order chi connectivity index (χ1) is 9.02. The molecule has 0 saturated heterocycles. The van der Waals surface area contributed by atoms with Gasteiger partial charge in [0.25, 0.3) is 0 Å². The van der Waals surface area contributed by atoms with Gasteiger partial charge >= 0.3 is 0 Å². The molecule has 10 heteroatoms. The fraction of sp³-hybridized carbons (Fsp3) is 0.111. The van der Waals surface area contributed by atoms with E-state index in [9.17, 15) is 4.79 Å². The van der Waals surface area contributed by atoms with Crippen LogP contribution in [0.2, 0.25) is 0 Å². The van der Waals surface area contributed by atoms with E-state index in [-0.39, 0.29) is 29.1 Å². The Kier molecular flexibility index (Phi) is 3.06. The van der Waals surface area contributed by atoms with Crippen molar-refractivity contribution < 1.29 is 4.79 Å². The molecule has 0 aliphatic carbocycles. The Labute approximate surface area is 107 Å². The van der Waals surface area contributed by atoms with Gasteiger partial charge in [0.1, 0.15) is 0 Å². The summed E-state index contributed by atoms with van der Waals surface area (Å²) in [6.45, 7) is 0. The molecule has 0 aromatic carbocycles. The molecule has 6 N–H and O–H groups in total. The molecule has 0 fully saturated rings. The minimum absolute atomic E-state index is 0.00331. The summed E-state index contributed by atoms with van der Waals surface area (Å²) in [6, 6.07) is 0. The number of nitrogens with zero attached hydrogens (tertiary/aromatic N) is 6. The largest absolute Gasteiger partial charge is 0.382 e. The highest BCUT2D eigenvalue weighted by Gasteiger charge is 2.10. The van der Waals surface area contributed by atoms with E-state index in [1.165, 1.54) is 10.9 Å². The van der Waals surface area contributed by atoms with E-state index in [2.05, 4.69) is 25.3 Å². The van der Waals surface area contributed by atoms with E-state index in [0.29, 0.717) is 11.8 Å². The minimum Gasteiger partial charge on any atom is -0.382 e. The van der Waals surface area contributed by atoms with Gasteiger partial charge in [0.05, 0.1) is 11.8 Å². The number of hydrogen-bond acceptors (Lipinski definition) is 9. The monoisotopic (exact) mass is 261 g/mol. The van der Waals surface area contributed by atoms with Crippen molar-refractivity contribution in [3.05, 3.63) is 11.8 Å². The first-order valence-corrected chi connectivity index (χ1v) is 5.10. The Hall–Kier alpha value is -3.04. The topological polar surface area (TPSA) is 163 Å². The lowest BCUT2D eigenvalue weighted by Crippen LogP contribution is -2.03. The zero-order chi connectivity index (χ0) is 14.0. The van der Waals surface area contributed by atoms with Gasteiger partial charge in [0.2, 0.25) is 5.95 Å². The third-order valence-corrected chi connectivity index (χ3v) is 2.26. The molecule has 2 rings (SSSR count). The first-order valence-electron chi connectivity index (χ1n) is 5.10. The van der Waals surface area contributed by atoms with E-state index in [1.807, 2.05) is 0 Å². The van der Waals surface area contributed by atoms with Gasteiger partial charge in [-0.2, -0.15) is 15.1 Å². The van der Waals surface area contributed by atoms with Crippen molar-refractivity contribution in [1.82, 2.24) is 19.7 Å². The summed E-state index contributed by atoms with van der Waals surface area (Å²) in [6.07, 6.45) is 1.99. The van der Waals surface area contributed by atoms with Crippen LogP contribution in [-0.2, 0) is 7.05 Å². The van der Waals surface area contributed by atoms with Gasteiger partial charge in [0.15, 0.2) is 29.4 Å². The highest BCUT2D eigenvalue weighted by atomic mass is 16.1. The van der Waals surface area contributed by atoms with Crippen LogP contribution in [0.5, 0.6) is 0 Å². The second-order valence-corrected chi connectivity index (χ2v) is 3.57. The molecular formula is C9H11N9O. The maximum absolute atomic E-state index is 10.8. The minimum atomic E-state index is -0.0527. The predicted octanol–water partition coefficient (Wildman–Crippen LogP) is 0.185. The molecule has 0 aliphatic rings. The van der Waals surface area contributed by atoms with E-state index >= 15 is 0 Å². The van der Waals surface area contributed by atoms with Gasteiger partial charge in [-0.05, 0) is 0 Å². The van der Waals surface area contributed by atoms with Crippen LogP contribution >= 0.6 is 0 Å². The predicted molar refractivity (Wildman–Crippen MR) is 68.0 cm³/mol. The summed E-state index contributed by atoms with van der Waals surface area (Å²) in [4.78, 5) is 18.2. The number of aromatic nitrogens is 4. The lowest BCUT2D eigenvalue weighted by atomic mass is 10.4. The molecule has 2 aromatic rings. The molecule has 0 radical (unpaired) electrons. The van der Waals surface area contributed by atoms with Crippen molar-refractivity contribution in [1.29, 1.82) is 0 Å². The second kappa shape index (κ2) is 4.68. The fourth-order valence-electron chi connectivity index (χ4n) is 1.36. The summed E-state index contributed by atoms with van der Waals surface area (Å²) in [5.74, 6) is 0.223. The number of carbonyl (C=O) groups excluding carboxylic acids is 1. The highest BCUT2D eigenvalue weighted by molar-refractivity contribution is 5.81. The average Bonchev–Trinajstić information content (AvgIpc) is 2.69. The molecule has 98 valence electrons. The Morgan fingerprint density at radius 1 is 1.21 bits per heavy atom. The number of aldehydes is 1. The third kappa shape index (κ3) is 2.31. The van der Waals surface area contributed by atoms with Crippen molar-refractivity contribution in [3.63, 3.8) is 0 Å². The molecule has 0 saturated carbocycles. The van der Waals surface area contributed by atoms with E-state index in [1.54, 1.807) is 7.05 Å². The molecule has 0 aliphatic heterocycles. The number of rotatable bonds is 3. The van der Waals surface area contributed by atoms with Gasteiger partial charge in [-0.1, -0.05) is 0 Å². The lowest BCUT2D eigenvalue weighted by Gasteiger charge is -2.02. The molecule has 0 spiro atoms. The molecule has 2 aromatic heterocycles. The Morgan fingerprint density at radius 3 is 2.42 bits per heavy atom. The summed E-state index contributed by atoms with van der Waals surface area (Å²) in [5.41, 5.74) is 17.0. The molecule has 0 bridgehead atoms. The number of carbonyl (C=O) groups is 1. The zero-order valence-electron chi connectivity index (χ0n) is 9.98. The second-order valence-electron chi connectivity index (χ2n) is 3.57. The summed E-state index contributed by atoms with van der Waals surface area (Å²) in [5, 5.41) is 11.6. The van der Waals surface area contributed by atoms with Gasteiger partial charge in [-0.3, -0.25) is 4.79 Å². The molecule has 0 amide bonds.